The normalized spacial score (nSPS) is 24.6. The topological polar surface area (TPSA) is 159 Å². The third kappa shape index (κ3) is 6.26. The maximum atomic E-state index is 12.9. The largest absolute Gasteiger partial charge is 0.484 e. The van der Waals surface area contributed by atoms with E-state index in [1.807, 2.05) is 6.07 Å². The van der Waals surface area contributed by atoms with Gasteiger partial charge in [-0.1, -0.05) is 73.6 Å². The molecule has 1 amide bonds. The lowest BCUT2D eigenvalue weighted by Gasteiger charge is -2.51. The van der Waals surface area contributed by atoms with Crippen LogP contribution < -0.4 is 15.6 Å². The lowest BCUT2D eigenvalue weighted by molar-refractivity contribution is -0.118. The highest BCUT2D eigenvalue weighted by Gasteiger charge is 2.61. The van der Waals surface area contributed by atoms with E-state index in [9.17, 15) is 14.7 Å². The van der Waals surface area contributed by atoms with Gasteiger partial charge in [0.25, 0.3) is 11.5 Å². The van der Waals surface area contributed by atoms with Gasteiger partial charge in [0.2, 0.25) is 5.95 Å². The van der Waals surface area contributed by atoms with Gasteiger partial charge in [-0.25, -0.2) is 4.98 Å². The molecule has 3 N–H and O–H groups in total. The Morgan fingerprint density at radius 3 is 2.33 bits per heavy atom. The first kappa shape index (κ1) is 33.4. The number of aliphatic hydroxyl groups is 1. The van der Waals surface area contributed by atoms with E-state index in [0.717, 1.165) is 0 Å². The van der Waals surface area contributed by atoms with Gasteiger partial charge in [-0.3, -0.25) is 24.5 Å². The molecule has 0 aliphatic carbocycles. The highest BCUT2D eigenvalue weighted by molar-refractivity contribution is 6.84. The standard InChI is InChI=1S/C30H45N5O8Si2/c1-17(2)44(18(3)4)40-14-22-26(42-45(43-44,19(5)6)20(7)8)25(37)29(41-22)35-16-31-24-27(35)33-30(34-28(24)38)32-23(36)15-39-21-12-10-9-11-13-21/h9-13,16-20,22,25-26,29,37H,14-15H2,1-8H3,(H2,32,33,34,36,38)/t22-,25?,26+,29-/m1/s1. The fourth-order valence-corrected chi connectivity index (χ4v) is 17.6. The number of fused-ring (bicyclic) bond motifs is 2. The number of ether oxygens (including phenoxy) is 2. The van der Waals surface area contributed by atoms with Crippen molar-refractivity contribution in [3.63, 3.8) is 0 Å². The zero-order valence-corrected chi connectivity index (χ0v) is 29.1. The first-order valence-electron chi connectivity index (χ1n) is 15.6. The molecule has 13 nitrogen and oxygen atoms in total. The Balaban J connectivity index is 1.45. The first-order valence-corrected chi connectivity index (χ1v) is 19.5. The maximum Gasteiger partial charge on any atom is 0.335 e. The highest BCUT2D eigenvalue weighted by atomic mass is 28.5. The number of H-pyrrole nitrogens is 1. The molecule has 4 atom stereocenters. The van der Waals surface area contributed by atoms with Crippen molar-refractivity contribution in [2.24, 2.45) is 0 Å². The number of benzene rings is 1. The molecule has 2 saturated heterocycles. The van der Waals surface area contributed by atoms with Gasteiger partial charge in [0.05, 0.1) is 12.9 Å². The Kier molecular flexibility index (Phi) is 9.70. The van der Waals surface area contributed by atoms with Gasteiger partial charge >= 0.3 is 17.1 Å². The molecule has 3 aromatic rings. The van der Waals surface area contributed by atoms with Crippen molar-refractivity contribution < 1.29 is 32.3 Å². The van der Waals surface area contributed by atoms with E-state index in [0.29, 0.717) is 5.75 Å². The summed E-state index contributed by atoms with van der Waals surface area (Å²) in [6.45, 7) is 16.9. The van der Waals surface area contributed by atoms with Crippen LogP contribution >= 0.6 is 0 Å². The van der Waals surface area contributed by atoms with Crippen molar-refractivity contribution in [3.8, 4) is 5.75 Å². The van der Waals surface area contributed by atoms with Crippen molar-refractivity contribution in [1.29, 1.82) is 0 Å². The van der Waals surface area contributed by atoms with Gasteiger partial charge in [-0.05, 0) is 34.3 Å². The quantitative estimate of drug-likeness (QED) is 0.282. The van der Waals surface area contributed by atoms with Gasteiger partial charge in [-0.15, -0.1) is 0 Å². The number of rotatable bonds is 9. The number of carbonyl (C=O) groups is 1. The van der Waals surface area contributed by atoms with Crippen LogP contribution in [0.25, 0.3) is 11.2 Å². The molecule has 2 aliphatic heterocycles. The molecule has 45 heavy (non-hydrogen) atoms. The molecule has 1 unspecified atom stereocenters. The van der Waals surface area contributed by atoms with Crippen molar-refractivity contribution >= 4 is 40.1 Å². The Morgan fingerprint density at radius 2 is 1.71 bits per heavy atom. The Hall–Kier alpha value is -2.93. The van der Waals surface area contributed by atoms with E-state index in [4.69, 9.17) is 22.4 Å². The van der Waals surface area contributed by atoms with Crippen molar-refractivity contribution in [1.82, 2.24) is 19.5 Å². The summed E-state index contributed by atoms with van der Waals surface area (Å²) in [4.78, 5) is 36.8. The van der Waals surface area contributed by atoms with Gasteiger partial charge in [-0.2, -0.15) is 4.98 Å². The van der Waals surface area contributed by atoms with Crippen molar-refractivity contribution in [2.75, 3.05) is 18.5 Å². The molecular formula is C30H45N5O8Si2. The molecule has 2 fully saturated rings. The molecule has 0 bridgehead atoms. The number of anilines is 1. The Bertz CT molecular complexity index is 1530. The predicted molar refractivity (Wildman–Crippen MR) is 172 cm³/mol. The lowest BCUT2D eigenvalue weighted by Crippen LogP contribution is -2.65. The second kappa shape index (κ2) is 13.1. The Labute approximate surface area is 265 Å². The lowest BCUT2D eigenvalue weighted by atomic mass is 10.1. The number of hydrogen-bond acceptors (Lipinski definition) is 10. The first-order chi connectivity index (χ1) is 21.3. The summed E-state index contributed by atoms with van der Waals surface area (Å²) in [5.41, 5.74) is 0.0729. The molecule has 15 heteroatoms. The predicted octanol–water partition coefficient (Wildman–Crippen LogP) is 4.35. The van der Waals surface area contributed by atoms with Crippen LogP contribution in [0.3, 0.4) is 0 Å². The highest BCUT2D eigenvalue weighted by Crippen LogP contribution is 2.48. The molecule has 0 saturated carbocycles. The molecule has 5 rings (SSSR count). The summed E-state index contributed by atoms with van der Waals surface area (Å²) >= 11 is 0. The van der Waals surface area contributed by atoms with Gasteiger partial charge in [0.15, 0.2) is 24.0 Å². The molecule has 0 radical (unpaired) electrons. The number of carbonyl (C=O) groups excluding carboxylic acids is 1. The number of aromatic nitrogens is 4. The van der Waals surface area contributed by atoms with Crippen LogP contribution in [-0.2, 0) is 22.5 Å². The average molecular weight is 660 g/mol. The van der Waals surface area contributed by atoms with Crippen LogP contribution in [0.5, 0.6) is 5.75 Å². The second-order valence-corrected chi connectivity index (χ2v) is 21.8. The zero-order chi connectivity index (χ0) is 32.7. The van der Waals surface area contributed by atoms with Crippen LogP contribution in [0, 0.1) is 0 Å². The maximum absolute atomic E-state index is 12.9. The number of para-hydroxylation sites is 1. The van der Waals surface area contributed by atoms with Crippen LogP contribution in [0.1, 0.15) is 61.6 Å². The second-order valence-electron chi connectivity index (χ2n) is 13.0. The molecule has 0 spiro atoms. The Morgan fingerprint density at radius 1 is 1.07 bits per heavy atom. The molecule has 2 aliphatic rings. The van der Waals surface area contributed by atoms with Crippen LogP contribution in [0.2, 0.25) is 22.2 Å². The smallest absolute Gasteiger partial charge is 0.335 e. The van der Waals surface area contributed by atoms with Crippen molar-refractivity contribution in [3.05, 3.63) is 47.0 Å². The summed E-state index contributed by atoms with van der Waals surface area (Å²) in [6, 6.07) is 8.90. The number of imidazole rings is 1. The summed E-state index contributed by atoms with van der Waals surface area (Å²) in [6.07, 6.45) is -2.07. The summed E-state index contributed by atoms with van der Waals surface area (Å²) in [5, 5.41) is 14.3. The van der Waals surface area contributed by atoms with E-state index in [2.05, 4.69) is 75.7 Å². The van der Waals surface area contributed by atoms with Crippen LogP contribution in [0.15, 0.2) is 41.5 Å². The number of nitrogens with zero attached hydrogens (tertiary/aromatic N) is 3. The van der Waals surface area contributed by atoms with Crippen molar-refractivity contribution in [2.45, 2.75) is 102 Å². The summed E-state index contributed by atoms with van der Waals surface area (Å²) in [7, 11) is -5.81. The monoisotopic (exact) mass is 659 g/mol. The number of hydrogen-bond donors (Lipinski definition) is 3. The van der Waals surface area contributed by atoms with E-state index >= 15 is 0 Å². The number of amides is 1. The fraction of sp³-hybridized carbons (Fsp3) is 0.600. The van der Waals surface area contributed by atoms with Crippen LogP contribution in [-0.4, -0.2) is 79.2 Å². The molecular weight excluding hydrogens is 615 g/mol. The van der Waals surface area contributed by atoms with E-state index in [-0.39, 0.29) is 52.5 Å². The fourth-order valence-electron chi connectivity index (χ4n) is 6.37. The number of aromatic amines is 1. The SMILES string of the molecule is CC(C)[Si]1(C(C)C)OC[C@H]2O[C@@H](n3cnc4c(=O)[nH]c(NC(=O)COc5ccccc5)nc43)C(O)[C@H]2O[Si](C(C)C)(C(C)C)O1. The van der Waals surface area contributed by atoms with Gasteiger partial charge in [0, 0.05) is 0 Å². The van der Waals surface area contributed by atoms with Gasteiger partial charge < -0.3 is 27.5 Å². The van der Waals surface area contributed by atoms with Crippen LogP contribution in [0.4, 0.5) is 5.95 Å². The number of aliphatic hydroxyl groups excluding tert-OH is 1. The number of nitrogens with one attached hydrogen (secondary N) is 2. The molecule has 4 heterocycles. The van der Waals surface area contributed by atoms with E-state index in [1.165, 1.54) is 10.9 Å². The van der Waals surface area contributed by atoms with E-state index < -0.39 is 53.1 Å². The summed E-state index contributed by atoms with van der Waals surface area (Å²) < 4.78 is 34.5. The molecule has 246 valence electrons. The summed E-state index contributed by atoms with van der Waals surface area (Å²) in [5.74, 6) is -0.0678. The third-order valence-electron chi connectivity index (χ3n) is 8.72. The van der Waals surface area contributed by atoms with Gasteiger partial charge in [0.1, 0.15) is 24.1 Å². The third-order valence-corrected chi connectivity index (χ3v) is 19.0. The molecule has 2 aromatic heterocycles. The van der Waals surface area contributed by atoms with E-state index in [1.54, 1.807) is 24.3 Å². The average Bonchev–Trinajstić information content (AvgIpc) is 3.52. The zero-order valence-electron chi connectivity index (χ0n) is 27.1. The minimum Gasteiger partial charge on any atom is -0.484 e. The molecule has 1 aromatic carbocycles. The minimum atomic E-state index is -3.00. The minimum absolute atomic E-state index is 0.0354.